The summed E-state index contributed by atoms with van der Waals surface area (Å²) in [4.78, 5) is 21.9. The van der Waals surface area contributed by atoms with Gasteiger partial charge < -0.3 is 10.2 Å². The van der Waals surface area contributed by atoms with E-state index < -0.39 is 11.9 Å². The summed E-state index contributed by atoms with van der Waals surface area (Å²) in [5.41, 5.74) is 2.61. The zero-order valence-electron chi connectivity index (χ0n) is 12.2. The fraction of sp³-hybridized carbons (Fsp3) is 0.222. The van der Waals surface area contributed by atoms with Crippen LogP contribution in [0.4, 0.5) is 0 Å². The maximum atomic E-state index is 11.1. The summed E-state index contributed by atoms with van der Waals surface area (Å²) in [5.74, 6) is -1.81. The fourth-order valence-corrected chi connectivity index (χ4v) is 2.41. The van der Waals surface area contributed by atoms with Crippen molar-refractivity contribution in [2.24, 2.45) is 0 Å². The van der Waals surface area contributed by atoms with E-state index in [0.717, 1.165) is 36.8 Å². The van der Waals surface area contributed by atoms with Crippen molar-refractivity contribution in [2.75, 3.05) is 0 Å². The standard InChI is InChI=1S/C18H18O4/c19-17(20)15-11-9-13(10-12-15)5-1-2-6-14-7-3-4-8-16(14)18(21)22/h3-4,7-12H,1-2,5-6H2,(H,19,20)(H,21,22). The molecule has 0 spiro atoms. The lowest BCUT2D eigenvalue weighted by atomic mass is 9.99. The Kier molecular flexibility index (Phi) is 5.31. The number of hydrogen-bond acceptors (Lipinski definition) is 2. The van der Waals surface area contributed by atoms with Gasteiger partial charge in [-0.15, -0.1) is 0 Å². The van der Waals surface area contributed by atoms with Gasteiger partial charge in [0, 0.05) is 0 Å². The van der Waals surface area contributed by atoms with Crippen molar-refractivity contribution in [2.45, 2.75) is 25.7 Å². The third-order valence-corrected chi connectivity index (χ3v) is 3.61. The van der Waals surface area contributed by atoms with E-state index in [9.17, 15) is 9.59 Å². The van der Waals surface area contributed by atoms with Crippen molar-refractivity contribution in [3.63, 3.8) is 0 Å². The molecule has 114 valence electrons. The minimum Gasteiger partial charge on any atom is -0.478 e. The second-order valence-corrected chi connectivity index (χ2v) is 5.17. The molecule has 4 heteroatoms. The van der Waals surface area contributed by atoms with E-state index in [4.69, 9.17) is 10.2 Å². The molecule has 4 nitrogen and oxygen atoms in total. The number of hydrogen-bond donors (Lipinski definition) is 2. The molecule has 0 saturated carbocycles. The van der Waals surface area contributed by atoms with Crippen molar-refractivity contribution in [1.82, 2.24) is 0 Å². The Hall–Kier alpha value is -2.62. The number of unbranched alkanes of at least 4 members (excludes halogenated alkanes) is 1. The third kappa shape index (κ3) is 4.19. The Labute approximate surface area is 129 Å². The zero-order chi connectivity index (χ0) is 15.9. The first-order valence-electron chi connectivity index (χ1n) is 7.21. The smallest absolute Gasteiger partial charge is 0.335 e. The Morgan fingerprint density at radius 1 is 0.773 bits per heavy atom. The van der Waals surface area contributed by atoms with Gasteiger partial charge in [0.05, 0.1) is 11.1 Å². The molecule has 22 heavy (non-hydrogen) atoms. The molecule has 0 radical (unpaired) electrons. The van der Waals surface area contributed by atoms with Gasteiger partial charge in [0.1, 0.15) is 0 Å². The van der Waals surface area contributed by atoms with Gasteiger partial charge in [-0.1, -0.05) is 30.3 Å². The van der Waals surface area contributed by atoms with E-state index in [0.29, 0.717) is 11.1 Å². The Morgan fingerprint density at radius 3 is 2.05 bits per heavy atom. The molecule has 2 N–H and O–H groups in total. The quantitative estimate of drug-likeness (QED) is 0.765. The molecule has 0 fully saturated rings. The molecule has 0 aliphatic heterocycles. The summed E-state index contributed by atoms with van der Waals surface area (Å²) in [6, 6.07) is 13.9. The van der Waals surface area contributed by atoms with E-state index in [1.807, 2.05) is 24.3 Å². The summed E-state index contributed by atoms with van der Waals surface area (Å²) in [5, 5.41) is 18.0. The molecular weight excluding hydrogens is 280 g/mol. The molecular formula is C18H18O4. The zero-order valence-corrected chi connectivity index (χ0v) is 12.2. The SMILES string of the molecule is O=C(O)c1ccc(CCCCc2ccccc2C(=O)O)cc1. The molecule has 0 amide bonds. The predicted octanol–water partition coefficient (Wildman–Crippen LogP) is 3.65. The van der Waals surface area contributed by atoms with E-state index in [1.54, 1.807) is 24.3 Å². The van der Waals surface area contributed by atoms with Crippen LogP contribution in [0.2, 0.25) is 0 Å². The summed E-state index contributed by atoms with van der Waals surface area (Å²) < 4.78 is 0. The monoisotopic (exact) mass is 298 g/mol. The van der Waals surface area contributed by atoms with Crippen LogP contribution in [0.1, 0.15) is 44.7 Å². The van der Waals surface area contributed by atoms with Gasteiger partial charge in [0.15, 0.2) is 0 Å². The van der Waals surface area contributed by atoms with Crippen LogP contribution in [0.25, 0.3) is 0 Å². The van der Waals surface area contributed by atoms with Crippen molar-refractivity contribution >= 4 is 11.9 Å². The van der Waals surface area contributed by atoms with Crippen molar-refractivity contribution in [1.29, 1.82) is 0 Å². The molecule has 0 aromatic heterocycles. The first-order valence-corrected chi connectivity index (χ1v) is 7.21. The maximum Gasteiger partial charge on any atom is 0.335 e. The average molecular weight is 298 g/mol. The van der Waals surface area contributed by atoms with Gasteiger partial charge in [-0.25, -0.2) is 9.59 Å². The van der Waals surface area contributed by atoms with Crippen LogP contribution in [0, 0.1) is 0 Å². The van der Waals surface area contributed by atoms with Gasteiger partial charge in [0.2, 0.25) is 0 Å². The number of carboxylic acids is 2. The number of aryl methyl sites for hydroxylation is 2. The molecule has 0 atom stereocenters. The second kappa shape index (κ2) is 7.41. The Morgan fingerprint density at radius 2 is 1.41 bits per heavy atom. The minimum atomic E-state index is -0.920. The lowest BCUT2D eigenvalue weighted by molar-refractivity contribution is 0.0685. The van der Waals surface area contributed by atoms with Gasteiger partial charge in [-0.05, 0) is 55.0 Å². The van der Waals surface area contributed by atoms with Crippen molar-refractivity contribution in [3.8, 4) is 0 Å². The number of aromatic carboxylic acids is 2. The average Bonchev–Trinajstić information content (AvgIpc) is 2.52. The van der Waals surface area contributed by atoms with Crippen molar-refractivity contribution < 1.29 is 19.8 Å². The van der Waals surface area contributed by atoms with E-state index in [-0.39, 0.29) is 0 Å². The predicted molar refractivity (Wildman–Crippen MR) is 83.4 cm³/mol. The summed E-state index contributed by atoms with van der Waals surface area (Å²) >= 11 is 0. The van der Waals surface area contributed by atoms with Crippen LogP contribution in [-0.2, 0) is 12.8 Å². The molecule has 0 unspecified atom stereocenters. The molecule has 0 aliphatic carbocycles. The van der Waals surface area contributed by atoms with E-state index in [2.05, 4.69) is 0 Å². The lowest BCUT2D eigenvalue weighted by Crippen LogP contribution is -2.02. The second-order valence-electron chi connectivity index (χ2n) is 5.17. The molecule has 0 bridgehead atoms. The van der Waals surface area contributed by atoms with Gasteiger partial charge in [-0.3, -0.25) is 0 Å². The van der Waals surface area contributed by atoms with Crippen LogP contribution in [0.3, 0.4) is 0 Å². The van der Waals surface area contributed by atoms with Crippen LogP contribution in [-0.4, -0.2) is 22.2 Å². The van der Waals surface area contributed by atoms with Gasteiger partial charge >= 0.3 is 11.9 Å². The van der Waals surface area contributed by atoms with Crippen molar-refractivity contribution in [3.05, 3.63) is 70.8 Å². The third-order valence-electron chi connectivity index (χ3n) is 3.61. The molecule has 0 aliphatic rings. The molecule has 2 aromatic carbocycles. The normalized spacial score (nSPS) is 10.4. The van der Waals surface area contributed by atoms with Crippen LogP contribution >= 0.6 is 0 Å². The molecule has 2 aromatic rings. The summed E-state index contributed by atoms with van der Waals surface area (Å²) in [6.07, 6.45) is 3.41. The molecule has 0 saturated heterocycles. The molecule has 0 heterocycles. The lowest BCUT2D eigenvalue weighted by Gasteiger charge is -2.06. The maximum absolute atomic E-state index is 11.1. The Balaban J connectivity index is 1.85. The topological polar surface area (TPSA) is 74.6 Å². The summed E-state index contributed by atoms with van der Waals surface area (Å²) in [6.45, 7) is 0. The van der Waals surface area contributed by atoms with Crippen LogP contribution < -0.4 is 0 Å². The highest BCUT2D eigenvalue weighted by molar-refractivity contribution is 5.89. The number of rotatable bonds is 7. The fourth-order valence-electron chi connectivity index (χ4n) is 2.41. The first kappa shape index (κ1) is 15.8. The molecule has 2 rings (SSSR count). The number of carbonyl (C=O) groups is 2. The Bertz CT molecular complexity index is 659. The van der Waals surface area contributed by atoms with Crippen LogP contribution in [0.5, 0.6) is 0 Å². The highest BCUT2D eigenvalue weighted by atomic mass is 16.4. The highest BCUT2D eigenvalue weighted by Gasteiger charge is 2.08. The minimum absolute atomic E-state index is 0.291. The van der Waals surface area contributed by atoms with Gasteiger partial charge in [0.25, 0.3) is 0 Å². The van der Waals surface area contributed by atoms with E-state index in [1.165, 1.54) is 0 Å². The van der Waals surface area contributed by atoms with Gasteiger partial charge in [-0.2, -0.15) is 0 Å². The highest BCUT2D eigenvalue weighted by Crippen LogP contribution is 2.14. The largest absolute Gasteiger partial charge is 0.478 e. The summed E-state index contributed by atoms with van der Waals surface area (Å²) in [7, 11) is 0. The first-order chi connectivity index (χ1) is 10.6. The number of carboxylic acid groups (broad SMARTS) is 2. The number of benzene rings is 2. The van der Waals surface area contributed by atoms with E-state index >= 15 is 0 Å². The van der Waals surface area contributed by atoms with Crippen LogP contribution in [0.15, 0.2) is 48.5 Å².